The van der Waals surface area contributed by atoms with E-state index in [1.54, 1.807) is 30.3 Å². The summed E-state index contributed by atoms with van der Waals surface area (Å²) >= 11 is 0. The maximum absolute atomic E-state index is 13.1. The molecule has 6 heteroatoms. The van der Waals surface area contributed by atoms with Gasteiger partial charge in [0, 0.05) is 12.1 Å². The molecule has 1 aliphatic rings. The minimum absolute atomic E-state index is 0.245. The highest BCUT2D eigenvalue weighted by Crippen LogP contribution is 2.22. The number of nitrogens with one attached hydrogen (secondary N) is 1. The van der Waals surface area contributed by atoms with Gasteiger partial charge < -0.3 is 0 Å². The number of amidine groups is 1. The van der Waals surface area contributed by atoms with E-state index >= 15 is 0 Å². The van der Waals surface area contributed by atoms with Gasteiger partial charge >= 0.3 is 0 Å². The smallest absolute Gasteiger partial charge is 0.263 e. The van der Waals surface area contributed by atoms with E-state index in [4.69, 9.17) is 0 Å². The predicted octanol–water partition coefficient (Wildman–Crippen LogP) is 2.11. The summed E-state index contributed by atoms with van der Waals surface area (Å²) in [5, 5.41) is 0. The molecule has 0 bridgehead atoms. The topological polar surface area (TPSA) is 58.5 Å². The van der Waals surface area contributed by atoms with Gasteiger partial charge in [-0.3, -0.25) is 9.71 Å². The first kappa shape index (κ1) is 13.8. The lowest BCUT2D eigenvalue weighted by molar-refractivity contribution is 0.595. The fourth-order valence-corrected chi connectivity index (χ4v) is 3.49. The van der Waals surface area contributed by atoms with Crippen LogP contribution in [-0.4, -0.2) is 20.8 Å². The van der Waals surface area contributed by atoms with Crippen molar-refractivity contribution < 1.29 is 12.8 Å². The molecule has 2 aromatic rings. The molecule has 0 saturated carbocycles. The molecule has 0 radical (unpaired) electrons. The van der Waals surface area contributed by atoms with Crippen LogP contribution in [0.4, 0.5) is 4.39 Å². The van der Waals surface area contributed by atoms with Gasteiger partial charge in [-0.2, -0.15) is 0 Å². The van der Waals surface area contributed by atoms with Crippen molar-refractivity contribution in [1.29, 1.82) is 0 Å². The molecule has 21 heavy (non-hydrogen) atoms. The van der Waals surface area contributed by atoms with Gasteiger partial charge in [0.05, 0.1) is 4.90 Å². The number of halogens is 1. The highest BCUT2D eigenvalue weighted by Gasteiger charge is 2.29. The second-order valence-corrected chi connectivity index (χ2v) is 6.36. The average Bonchev–Trinajstić information content (AvgIpc) is 2.71. The van der Waals surface area contributed by atoms with Crippen LogP contribution >= 0.6 is 0 Å². The Balaban J connectivity index is 1.79. The second kappa shape index (κ2) is 5.29. The second-order valence-electron chi connectivity index (χ2n) is 4.71. The third-order valence-electron chi connectivity index (χ3n) is 3.22. The minimum atomic E-state index is -3.50. The number of aliphatic imine (C=N–C) groups is 1. The summed E-state index contributed by atoms with van der Waals surface area (Å²) in [7, 11) is -3.50. The predicted molar refractivity (Wildman–Crippen MR) is 78.3 cm³/mol. The van der Waals surface area contributed by atoms with Crippen molar-refractivity contribution in [2.75, 3.05) is 6.54 Å². The molecule has 0 spiro atoms. The van der Waals surface area contributed by atoms with E-state index in [1.807, 2.05) is 6.07 Å². The van der Waals surface area contributed by atoms with Gasteiger partial charge in [-0.1, -0.05) is 24.3 Å². The number of benzene rings is 2. The first-order valence-electron chi connectivity index (χ1n) is 6.47. The van der Waals surface area contributed by atoms with E-state index in [-0.39, 0.29) is 10.7 Å². The number of hydrogen-bond acceptors (Lipinski definition) is 3. The van der Waals surface area contributed by atoms with Crippen molar-refractivity contribution in [2.24, 2.45) is 4.99 Å². The van der Waals surface area contributed by atoms with Crippen molar-refractivity contribution in [3.05, 3.63) is 65.5 Å². The summed E-state index contributed by atoms with van der Waals surface area (Å²) in [5.41, 5.74) is 1.41. The van der Waals surface area contributed by atoms with Crippen molar-refractivity contribution in [1.82, 2.24) is 4.72 Å². The maximum Gasteiger partial charge on any atom is 0.263 e. The van der Waals surface area contributed by atoms with Gasteiger partial charge in [-0.15, -0.1) is 0 Å². The molecule has 108 valence electrons. The monoisotopic (exact) mass is 304 g/mol. The Morgan fingerprint density at radius 3 is 2.71 bits per heavy atom. The Morgan fingerprint density at radius 2 is 1.90 bits per heavy atom. The Labute approximate surface area is 122 Å². The number of hydrogen-bond donors (Lipinski definition) is 1. The highest BCUT2D eigenvalue weighted by atomic mass is 32.2. The van der Waals surface area contributed by atoms with Gasteiger partial charge in [-0.05, 0) is 36.2 Å². The standard InChI is InChI=1S/C15H13FN2O2S/c16-12-5-3-4-11(10-12)8-9-17-15-13-6-1-2-7-14(13)21(19,20)18-15/h1-7,10H,8-9H2,(H,17,18). The third kappa shape index (κ3) is 2.80. The Bertz CT molecular complexity index is 816. The largest absolute Gasteiger partial charge is 0.267 e. The van der Waals surface area contributed by atoms with Gasteiger partial charge in [0.15, 0.2) is 0 Å². The van der Waals surface area contributed by atoms with Gasteiger partial charge in [0.1, 0.15) is 11.7 Å². The summed E-state index contributed by atoms with van der Waals surface area (Å²) in [6, 6.07) is 13.0. The van der Waals surface area contributed by atoms with Gasteiger partial charge in [0.2, 0.25) is 0 Å². The maximum atomic E-state index is 13.1. The van der Waals surface area contributed by atoms with Crippen molar-refractivity contribution in [2.45, 2.75) is 11.3 Å². The van der Waals surface area contributed by atoms with Crippen molar-refractivity contribution >= 4 is 15.9 Å². The Morgan fingerprint density at radius 1 is 1.10 bits per heavy atom. The molecular weight excluding hydrogens is 291 g/mol. The zero-order chi connectivity index (χ0) is 14.9. The molecule has 1 heterocycles. The summed E-state index contributed by atoms with van der Waals surface area (Å²) in [4.78, 5) is 4.53. The Kier molecular flexibility index (Phi) is 3.47. The molecule has 4 nitrogen and oxygen atoms in total. The summed E-state index contributed by atoms with van der Waals surface area (Å²) < 4.78 is 39.3. The molecule has 0 unspecified atom stereocenters. The molecule has 0 aliphatic carbocycles. The van der Waals surface area contributed by atoms with Crippen LogP contribution < -0.4 is 4.72 Å². The number of sulfonamides is 1. The number of fused-ring (bicyclic) bond motifs is 1. The lowest BCUT2D eigenvalue weighted by Gasteiger charge is -2.01. The number of nitrogens with zero attached hydrogens (tertiary/aromatic N) is 1. The van der Waals surface area contributed by atoms with Crippen LogP contribution in [0.3, 0.4) is 0 Å². The lowest BCUT2D eigenvalue weighted by atomic mass is 10.1. The zero-order valence-electron chi connectivity index (χ0n) is 11.1. The number of rotatable bonds is 3. The molecule has 0 amide bonds. The van der Waals surface area contributed by atoms with Crippen molar-refractivity contribution in [3.8, 4) is 0 Å². The van der Waals surface area contributed by atoms with Crippen LogP contribution in [0.1, 0.15) is 11.1 Å². The summed E-state index contributed by atoms with van der Waals surface area (Å²) in [5.74, 6) is 0.0640. The quantitative estimate of drug-likeness (QED) is 0.944. The van der Waals surface area contributed by atoms with Gasteiger partial charge in [-0.25, -0.2) is 12.8 Å². The van der Waals surface area contributed by atoms with E-state index in [1.165, 1.54) is 12.1 Å². The average molecular weight is 304 g/mol. The molecule has 0 atom stereocenters. The van der Waals surface area contributed by atoms with E-state index in [9.17, 15) is 12.8 Å². The minimum Gasteiger partial charge on any atom is -0.267 e. The van der Waals surface area contributed by atoms with Crippen molar-refractivity contribution in [3.63, 3.8) is 0 Å². The molecule has 0 fully saturated rings. The van der Waals surface area contributed by atoms with E-state index < -0.39 is 10.0 Å². The van der Waals surface area contributed by atoms with E-state index in [2.05, 4.69) is 9.71 Å². The molecule has 0 saturated heterocycles. The van der Waals surface area contributed by atoms with Gasteiger partial charge in [0.25, 0.3) is 10.0 Å². The van der Waals surface area contributed by atoms with Crippen LogP contribution in [0.2, 0.25) is 0 Å². The molecule has 2 aromatic carbocycles. The Hall–Kier alpha value is -2.21. The third-order valence-corrected chi connectivity index (χ3v) is 4.62. The fourth-order valence-electron chi connectivity index (χ4n) is 2.24. The van der Waals surface area contributed by atoms with E-state index in [0.717, 1.165) is 5.56 Å². The summed E-state index contributed by atoms with van der Waals surface area (Å²) in [6.45, 7) is 0.385. The zero-order valence-corrected chi connectivity index (χ0v) is 11.9. The van der Waals surface area contributed by atoms with E-state index in [0.29, 0.717) is 24.4 Å². The lowest BCUT2D eigenvalue weighted by Crippen LogP contribution is -2.22. The first-order valence-corrected chi connectivity index (χ1v) is 7.96. The molecule has 0 aromatic heterocycles. The van der Waals surface area contributed by atoms with Crippen LogP contribution in [0, 0.1) is 5.82 Å². The highest BCUT2D eigenvalue weighted by molar-refractivity contribution is 7.90. The molecule has 1 N–H and O–H groups in total. The molecular formula is C15H13FN2O2S. The molecule has 1 aliphatic heterocycles. The van der Waals surface area contributed by atoms with Crippen LogP contribution in [-0.2, 0) is 16.4 Å². The molecule has 3 rings (SSSR count). The fraction of sp³-hybridized carbons (Fsp3) is 0.133. The SMILES string of the molecule is O=S1(=O)NC(=NCCc2cccc(F)c2)c2ccccc21. The van der Waals surface area contributed by atoms with Crippen LogP contribution in [0.15, 0.2) is 58.4 Å². The first-order chi connectivity index (χ1) is 10.1. The van der Waals surface area contributed by atoms with Crippen LogP contribution in [0.5, 0.6) is 0 Å². The normalized spacial score (nSPS) is 17.5. The summed E-state index contributed by atoms with van der Waals surface area (Å²) in [6.07, 6.45) is 0.547. The van der Waals surface area contributed by atoms with Crippen LogP contribution in [0.25, 0.3) is 0 Å².